The third-order valence-corrected chi connectivity index (χ3v) is 3.46. The van der Waals surface area contributed by atoms with E-state index in [0.29, 0.717) is 0 Å². The van der Waals surface area contributed by atoms with Gasteiger partial charge in [0, 0.05) is 17.5 Å². The van der Waals surface area contributed by atoms with Crippen LogP contribution < -0.4 is 5.32 Å². The molecule has 0 spiro atoms. The summed E-state index contributed by atoms with van der Waals surface area (Å²) in [5, 5.41) is 2.96. The second kappa shape index (κ2) is 8.02. The lowest BCUT2D eigenvalue weighted by atomic mass is 10.1. The van der Waals surface area contributed by atoms with E-state index in [0.717, 1.165) is 12.1 Å². The third kappa shape index (κ3) is 5.94. The van der Waals surface area contributed by atoms with Crippen molar-refractivity contribution in [3.63, 3.8) is 0 Å². The molecule has 4 heteroatoms. The molecule has 0 saturated carbocycles. The zero-order valence-corrected chi connectivity index (χ0v) is 12.8. The molecule has 0 aliphatic carbocycles. The van der Waals surface area contributed by atoms with E-state index in [4.69, 9.17) is 0 Å². The second-order valence-electron chi connectivity index (χ2n) is 4.67. The van der Waals surface area contributed by atoms with Gasteiger partial charge in [-0.15, -0.1) is 11.8 Å². The maximum atomic E-state index is 11.7. The third-order valence-electron chi connectivity index (χ3n) is 2.71. The molecule has 0 radical (unpaired) electrons. The number of thioether (sulfide) groups is 1. The summed E-state index contributed by atoms with van der Waals surface area (Å²) in [5.41, 5.74) is 1.12. The molecule has 0 aromatic heterocycles. The van der Waals surface area contributed by atoms with E-state index >= 15 is 0 Å². The Kier molecular flexibility index (Phi) is 6.67. The Morgan fingerprint density at radius 1 is 1.37 bits per heavy atom. The van der Waals surface area contributed by atoms with E-state index < -0.39 is 0 Å². The van der Waals surface area contributed by atoms with Crippen molar-refractivity contribution in [1.82, 2.24) is 10.2 Å². The SMILES string of the molecule is CSc1ccc([C@@H](C)NC(=O)/C=C/CN(C)C)cc1. The summed E-state index contributed by atoms with van der Waals surface area (Å²) in [4.78, 5) is 14.9. The fraction of sp³-hybridized carbons (Fsp3) is 0.400. The highest BCUT2D eigenvalue weighted by atomic mass is 32.2. The van der Waals surface area contributed by atoms with E-state index in [2.05, 4.69) is 35.8 Å². The van der Waals surface area contributed by atoms with Crippen molar-refractivity contribution < 1.29 is 4.79 Å². The number of hydrogen-bond donors (Lipinski definition) is 1. The fourth-order valence-corrected chi connectivity index (χ4v) is 2.02. The van der Waals surface area contributed by atoms with Crippen molar-refractivity contribution >= 4 is 17.7 Å². The van der Waals surface area contributed by atoms with Gasteiger partial charge in [-0.1, -0.05) is 18.2 Å². The number of amides is 1. The molecule has 0 heterocycles. The van der Waals surface area contributed by atoms with Crippen molar-refractivity contribution in [1.29, 1.82) is 0 Å². The number of carbonyl (C=O) groups is 1. The number of rotatable bonds is 6. The zero-order chi connectivity index (χ0) is 14.3. The molecule has 0 saturated heterocycles. The quantitative estimate of drug-likeness (QED) is 0.641. The van der Waals surface area contributed by atoms with Crippen molar-refractivity contribution in [2.24, 2.45) is 0 Å². The highest BCUT2D eigenvalue weighted by molar-refractivity contribution is 7.98. The Bertz CT molecular complexity index is 426. The van der Waals surface area contributed by atoms with Crippen LogP contribution in [0.2, 0.25) is 0 Å². The number of carbonyl (C=O) groups excluding carboxylic acids is 1. The summed E-state index contributed by atoms with van der Waals surface area (Å²) in [6.07, 6.45) is 5.50. The van der Waals surface area contributed by atoms with Gasteiger partial charge in [-0.2, -0.15) is 0 Å². The molecule has 0 unspecified atom stereocenters. The lowest BCUT2D eigenvalue weighted by molar-refractivity contribution is -0.117. The van der Waals surface area contributed by atoms with E-state index in [9.17, 15) is 4.79 Å². The van der Waals surface area contributed by atoms with Gasteiger partial charge in [-0.3, -0.25) is 4.79 Å². The minimum Gasteiger partial charge on any atom is -0.346 e. The van der Waals surface area contributed by atoms with Gasteiger partial charge in [-0.05, 0) is 45.0 Å². The summed E-state index contributed by atoms with van der Waals surface area (Å²) >= 11 is 1.71. The Morgan fingerprint density at radius 2 is 2.00 bits per heavy atom. The van der Waals surface area contributed by atoms with Gasteiger partial charge in [0.15, 0.2) is 0 Å². The van der Waals surface area contributed by atoms with Gasteiger partial charge in [0.05, 0.1) is 6.04 Å². The molecule has 0 aliphatic heterocycles. The van der Waals surface area contributed by atoms with E-state index in [1.165, 1.54) is 4.90 Å². The molecule has 0 fully saturated rings. The maximum absolute atomic E-state index is 11.7. The van der Waals surface area contributed by atoms with Crippen LogP contribution in [-0.4, -0.2) is 37.7 Å². The van der Waals surface area contributed by atoms with Crippen molar-refractivity contribution in [3.05, 3.63) is 42.0 Å². The zero-order valence-electron chi connectivity index (χ0n) is 12.0. The topological polar surface area (TPSA) is 32.3 Å². The minimum atomic E-state index is -0.0525. The van der Waals surface area contributed by atoms with Gasteiger partial charge in [0.25, 0.3) is 0 Å². The molecule has 104 valence electrons. The largest absolute Gasteiger partial charge is 0.346 e. The van der Waals surface area contributed by atoms with Gasteiger partial charge in [-0.25, -0.2) is 0 Å². The van der Waals surface area contributed by atoms with Crippen molar-refractivity contribution in [2.75, 3.05) is 26.9 Å². The van der Waals surface area contributed by atoms with Gasteiger partial charge < -0.3 is 10.2 Å². The molecule has 1 aromatic rings. The van der Waals surface area contributed by atoms with E-state index in [1.807, 2.05) is 32.0 Å². The molecule has 0 aliphatic rings. The van der Waals surface area contributed by atoms with Crippen LogP contribution in [0.15, 0.2) is 41.3 Å². The monoisotopic (exact) mass is 278 g/mol. The molecule has 19 heavy (non-hydrogen) atoms. The summed E-state index contributed by atoms with van der Waals surface area (Å²) < 4.78 is 0. The molecule has 1 aromatic carbocycles. The van der Waals surface area contributed by atoms with Crippen LogP contribution in [0, 0.1) is 0 Å². The van der Waals surface area contributed by atoms with Crippen molar-refractivity contribution in [2.45, 2.75) is 17.9 Å². The molecule has 3 nitrogen and oxygen atoms in total. The highest BCUT2D eigenvalue weighted by Crippen LogP contribution is 2.18. The standard InChI is InChI=1S/C15H22N2OS/c1-12(13-7-9-14(19-4)10-8-13)16-15(18)6-5-11-17(2)3/h5-10,12H,11H2,1-4H3,(H,16,18)/b6-5+/t12-/m1/s1. The van der Waals surface area contributed by atoms with Gasteiger partial charge >= 0.3 is 0 Å². The Balaban J connectivity index is 2.51. The number of nitrogens with one attached hydrogen (secondary N) is 1. The molecular formula is C15H22N2OS. The summed E-state index contributed by atoms with van der Waals surface area (Å²) in [7, 11) is 3.94. The van der Waals surface area contributed by atoms with Crippen LogP contribution in [0.3, 0.4) is 0 Å². The smallest absolute Gasteiger partial charge is 0.244 e. The average molecular weight is 278 g/mol. The van der Waals surface area contributed by atoms with E-state index in [-0.39, 0.29) is 11.9 Å². The number of likely N-dealkylation sites (N-methyl/N-ethyl adjacent to an activating group) is 1. The lowest BCUT2D eigenvalue weighted by Gasteiger charge is -2.13. The number of hydrogen-bond acceptors (Lipinski definition) is 3. The minimum absolute atomic E-state index is 0.0208. The highest BCUT2D eigenvalue weighted by Gasteiger charge is 2.07. The molecule has 1 amide bonds. The van der Waals surface area contributed by atoms with Crippen LogP contribution in [0.1, 0.15) is 18.5 Å². The first-order valence-electron chi connectivity index (χ1n) is 6.28. The lowest BCUT2D eigenvalue weighted by Crippen LogP contribution is -2.25. The molecule has 0 bridgehead atoms. The fourth-order valence-electron chi connectivity index (χ4n) is 1.61. The Morgan fingerprint density at radius 3 is 2.53 bits per heavy atom. The first kappa shape index (κ1) is 15.8. The van der Waals surface area contributed by atoms with Gasteiger partial charge in [0.1, 0.15) is 0 Å². The molecular weight excluding hydrogens is 256 g/mol. The predicted octanol–water partition coefficient (Wildman–Crippen LogP) is 2.70. The van der Waals surface area contributed by atoms with Crippen LogP contribution >= 0.6 is 11.8 Å². The van der Waals surface area contributed by atoms with E-state index in [1.54, 1.807) is 17.8 Å². The summed E-state index contributed by atoms with van der Waals surface area (Å²) in [5.74, 6) is -0.0525. The predicted molar refractivity (Wildman–Crippen MR) is 82.5 cm³/mol. The normalized spacial score (nSPS) is 12.9. The average Bonchev–Trinajstić information content (AvgIpc) is 2.38. The first-order chi connectivity index (χ1) is 9.02. The first-order valence-corrected chi connectivity index (χ1v) is 7.51. The summed E-state index contributed by atoms with van der Waals surface area (Å²) in [6, 6.07) is 8.28. The Hall–Kier alpha value is -1.26. The molecule has 1 rings (SSSR count). The Labute approximate surface area is 120 Å². The van der Waals surface area contributed by atoms with Gasteiger partial charge in [0.2, 0.25) is 5.91 Å². The van der Waals surface area contributed by atoms with Crippen LogP contribution in [0.5, 0.6) is 0 Å². The number of nitrogens with zero attached hydrogens (tertiary/aromatic N) is 1. The molecule has 1 N–H and O–H groups in total. The second-order valence-corrected chi connectivity index (χ2v) is 5.55. The molecule has 1 atom stereocenters. The number of benzene rings is 1. The van der Waals surface area contributed by atoms with Crippen LogP contribution in [0.4, 0.5) is 0 Å². The van der Waals surface area contributed by atoms with Crippen LogP contribution in [0.25, 0.3) is 0 Å². The van der Waals surface area contributed by atoms with Crippen molar-refractivity contribution in [3.8, 4) is 0 Å². The summed E-state index contributed by atoms with van der Waals surface area (Å²) in [6.45, 7) is 2.76. The van der Waals surface area contributed by atoms with Crippen LogP contribution in [-0.2, 0) is 4.79 Å². The maximum Gasteiger partial charge on any atom is 0.244 e.